The molecule has 0 aliphatic carbocycles. The summed E-state index contributed by atoms with van der Waals surface area (Å²) < 4.78 is 11.1. The predicted octanol–water partition coefficient (Wildman–Crippen LogP) is 1.97. The van der Waals surface area contributed by atoms with Gasteiger partial charge in [0, 0.05) is 18.8 Å². The number of ether oxygens (including phenoxy) is 2. The van der Waals surface area contributed by atoms with Crippen LogP contribution in [-0.2, 0) is 16.1 Å². The summed E-state index contributed by atoms with van der Waals surface area (Å²) in [5.41, 5.74) is 2.04. The van der Waals surface area contributed by atoms with Crippen molar-refractivity contribution in [1.82, 2.24) is 0 Å². The Kier molecular flexibility index (Phi) is 5.90. The molecule has 2 rings (SSSR count). The van der Waals surface area contributed by atoms with E-state index in [1.165, 1.54) is 0 Å². The molecule has 1 heterocycles. The van der Waals surface area contributed by atoms with Gasteiger partial charge in [0.25, 0.3) is 0 Å². The molecule has 102 valence electrons. The van der Waals surface area contributed by atoms with Gasteiger partial charge in [-0.2, -0.15) is 0 Å². The zero-order chi connectivity index (χ0) is 13.3. The summed E-state index contributed by atoms with van der Waals surface area (Å²) in [6, 6.07) is 7.94. The molecule has 0 spiro atoms. The maximum atomic E-state index is 8.67. The average Bonchev–Trinajstić information content (AvgIpc) is 2.47. The fourth-order valence-electron chi connectivity index (χ4n) is 2.14. The molecular formula is C16H20O3. The molecule has 0 bridgehead atoms. The van der Waals surface area contributed by atoms with Crippen molar-refractivity contribution in [2.45, 2.75) is 19.4 Å². The molecule has 0 atom stereocenters. The first kappa shape index (κ1) is 14.1. The van der Waals surface area contributed by atoms with Crippen LogP contribution in [0.1, 0.15) is 24.0 Å². The Hall–Kier alpha value is -1.34. The lowest BCUT2D eigenvalue weighted by Gasteiger charge is -2.21. The molecule has 0 unspecified atom stereocenters. The highest BCUT2D eigenvalue weighted by atomic mass is 16.5. The minimum Gasteiger partial charge on any atom is -0.384 e. The van der Waals surface area contributed by atoms with Crippen LogP contribution in [0.25, 0.3) is 0 Å². The quantitative estimate of drug-likeness (QED) is 0.841. The van der Waals surface area contributed by atoms with Crippen LogP contribution in [0.5, 0.6) is 0 Å². The monoisotopic (exact) mass is 260 g/mol. The first-order chi connectivity index (χ1) is 9.38. The van der Waals surface area contributed by atoms with E-state index in [9.17, 15) is 0 Å². The molecule has 19 heavy (non-hydrogen) atoms. The molecule has 0 saturated carbocycles. The van der Waals surface area contributed by atoms with E-state index in [4.69, 9.17) is 14.6 Å². The van der Waals surface area contributed by atoms with Crippen LogP contribution in [0, 0.1) is 17.8 Å². The molecule has 1 saturated heterocycles. The highest BCUT2D eigenvalue weighted by Crippen LogP contribution is 2.15. The summed E-state index contributed by atoms with van der Waals surface area (Å²) in [5.74, 6) is 6.18. The molecule has 3 nitrogen and oxygen atoms in total. The summed E-state index contributed by atoms with van der Waals surface area (Å²) in [7, 11) is 0. The van der Waals surface area contributed by atoms with Gasteiger partial charge in [-0.25, -0.2) is 0 Å². The Morgan fingerprint density at radius 1 is 1.32 bits per heavy atom. The third-order valence-electron chi connectivity index (χ3n) is 3.20. The van der Waals surface area contributed by atoms with Gasteiger partial charge in [0.2, 0.25) is 0 Å². The van der Waals surface area contributed by atoms with Crippen molar-refractivity contribution in [1.29, 1.82) is 0 Å². The van der Waals surface area contributed by atoms with Crippen LogP contribution < -0.4 is 0 Å². The smallest absolute Gasteiger partial charge is 0.104 e. The van der Waals surface area contributed by atoms with Crippen molar-refractivity contribution in [3.05, 3.63) is 35.4 Å². The second-order valence-electron chi connectivity index (χ2n) is 4.73. The molecule has 3 heteroatoms. The van der Waals surface area contributed by atoms with E-state index in [0.29, 0.717) is 12.5 Å². The Morgan fingerprint density at radius 3 is 2.95 bits per heavy atom. The molecule has 1 aliphatic rings. The van der Waals surface area contributed by atoms with Crippen LogP contribution in [0.3, 0.4) is 0 Å². The van der Waals surface area contributed by atoms with Crippen LogP contribution >= 0.6 is 0 Å². The topological polar surface area (TPSA) is 38.7 Å². The minimum absolute atomic E-state index is 0.107. The highest BCUT2D eigenvalue weighted by molar-refractivity contribution is 5.36. The van der Waals surface area contributed by atoms with Crippen molar-refractivity contribution in [3.63, 3.8) is 0 Å². The first-order valence-electron chi connectivity index (χ1n) is 6.72. The van der Waals surface area contributed by atoms with E-state index in [1.54, 1.807) is 0 Å². The third-order valence-corrected chi connectivity index (χ3v) is 3.20. The maximum Gasteiger partial charge on any atom is 0.104 e. The van der Waals surface area contributed by atoms with Gasteiger partial charge in [-0.3, -0.25) is 0 Å². The van der Waals surface area contributed by atoms with Crippen molar-refractivity contribution in [2.75, 3.05) is 26.4 Å². The standard InChI is InChI=1S/C16H20O3/c17-8-2-5-14-3-1-4-16(11-14)13-19-12-15-6-9-18-10-7-15/h1,3-4,11,15,17H,6-10,12-13H2. The van der Waals surface area contributed by atoms with Gasteiger partial charge in [-0.15, -0.1) is 0 Å². The minimum atomic E-state index is -0.107. The van der Waals surface area contributed by atoms with Crippen molar-refractivity contribution in [2.24, 2.45) is 5.92 Å². The third kappa shape index (κ3) is 5.04. The summed E-state index contributed by atoms with van der Waals surface area (Å²) in [6.45, 7) is 3.03. The van der Waals surface area contributed by atoms with Crippen LogP contribution in [0.2, 0.25) is 0 Å². The summed E-state index contributed by atoms with van der Waals surface area (Å²) in [6.07, 6.45) is 2.20. The number of benzene rings is 1. The average molecular weight is 260 g/mol. The van der Waals surface area contributed by atoms with Gasteiger partial charge in [0.15, 0.2) is 0 Å². The Labute approximate surface area is 114 Å². The van der Waals surface area contributed by atoms with E-state index < -0.39 is 0 Å². The van der Waals surface area contributed by atoms with E-state index >= 15 is 0 Å². The molecule has 1 fully saturated rings. The molecule has 1 aromatic carbocycles. The number of hydrogen-bond acceptors (Lipinski definition) is 3. The Bertz CT molecular complexity index is 439. The zero-order valence-electron chi connectivity index (χ0n) is 11.1. The lowest BCUT2D eigenvalue weighted by Crippen LogP contribution is -2.20. The second-order valence-corrected chi connectivity index (χ2v) is 4.73. The van der Waals surface area contributed by atoms with Crippen molar-refractivity contribution < 1.29 is 14.6 Å². The molecule has 0 amide bonds. The number of aliphatic hydroxyl groups excluding tert-OH is 1. The first-order valence-corrected chi connectivity index (χ1v) is 6.72. The zero-order valence-corrected chi connectivity index (χ0v) is 11.1. The molecule has 1 aliphatic heterocycles. The van der Waals surface area contributed by atoms with Crippen molar-refractivity contribution in [3.8, 4) is 11.8 Å². The summed E-state index contributed by atoms with van der Waals surface area (Å²) in [5, 5.41) is 8.67. The number of aliphatic hydroxyl groups is 1. The van der Waals surface area contributed by atoms with Crippen LogP contribution in [0.4, 0.5) is 0 Å². The second kappa shape index (κ2) is 7.96. The van der Waals surface area contributed by atoms with Crippen LogP contribution in [0.15, 0.2) is 24.3 Å². The predicted molar refractivity (Wildman–Crippen MR) is 73.6 cm³/mol. The maximum absolute atomic E-state index is 8.67. The number of hydrogen-bond donors (Lipinski definition) is 1. The summed E-state index contributed by atoms with van der Waals surface area (Å²) in [4.78, 5) is 0. The van der Waals surface area contributed by atoms with E-state index in [0.717, 1.165) is 43.8 Å². The Balaban J connectivity index is 1.78. The van der Waals surface area contributed by atoms with Gasteiger partial charge in [0.1, 0.15) is 6.61 Å². The van der Waals surface area contributed by atoms with Crippen LogP contribution in [-0.4, -0.2) is 31.5 Å². The lowest BCUT2D eigenvalue weighted by atomic mass is 10.0. The summed E-state index contributed by atoms with van der Waals surface area (Å²) >= 11 is 0. The van der Waals surface area contributed by atoms with Crippen molar-refractivity contribution >= 4 is 0 Å². The van der Waals surface area contributed by atoms with Gasteiger partial charge in [0.05, 0.1) is 13.2 Å². The van der Waals surface area contributed by atoms with E-state index in [-0.39, 0.29) is 6.61 Å². The fourth-order valence-corrected chi connectivity index (χ4v) is 2.14. The molecular weight excluding hydrogens is 240 g/mol. The molecule has 0 aromatic heterocycles. The molecule has 0 radical (unpaired) electrons. The fraction of sp³-hybridized carbons (Fsp3) is 0.500. The largest absolute Gasteiger partial charge is 0.384 e. The Morgan fingerprint density at radius 2 is 2.16 bits per heavy atom. The highest BCUT2D eigenvalue weighted by Gasteiger charge is 2.13. The van der Waals surface area contributed by atoms with Gasteiger partial charge >= 0.3 is 0 Å². The lowest BCUT2D eigenvalue weighted by molar-refractivity contribution is 0.0157. The van der Waals surface area contributed by atoms with Gasteiger partial charge in [-0.05, 0) is 36.5 Å². The van der Waals surface area contributed by atoms with Gasteiger partial charge in [-0.1, -0.05) is 24.0 Å². The molecule has 1 aromatic rings. The van der Waals surface area contributed by atoms with Gasteiger partial charge < -0.3 is 14.6 Å². The van der Waals surface area contributed by atoms with E-state index in [2.05, 4.69) is 11.8 Å². The SMILES string of the molecule is OCC#Cc1cccc(COCC2CCOCC2)c1. The van der Waals surface area contributed by atoms with E-state index in [1.807, 2.05) is 24.3 Å². The number of rotatable bonds is 4. The molecule has 1 N–H and O–H groups in total. The normalized spacial score (nSPS) is 15.8.